The van der Waals surface area contributed by atoms with Gasteiger partial charge in [0.25, 0.3) is 5.91 Å². The molecule has 3 N–H and O–H groups in total. The van der Waals surface area contributed by atoms with Crippen molar-refractivity contribution in [3.8, 4) is 0 Å². The number of benzene rings is 1. The maximum absolute atomic E-state index is 13.2. The number of anilines is 3. The molecule has 2 amide bonds. The highest BCUT2D eigenvalue weighted by atomic mass is 32.1. The number of carbonyl (C=O) groups is 2. The van der Waals surface area contributed by atoms with E-state index in [-0.39, 0.29) is 17.9 Å². The number of amides is 2. The van der Waals surface area contributed by atoms with E-state index in [1.807, 2.05) is 24.0 Å². The van der Waals surface area contributed by atoms with E-state index in [0.29, 0.717) is 30.1 Å². The SMILES string of the molecule is C=CC(=O)N1CC[C@@H](NC(=O)c2sc3nccc4c3c2NC(O)N4c2ccc(CC)cc2C)C1. The van der Waals surface area contributed by atoms with Crippen LogP contribution in [0.3, 0.4) is 0 Å². The van der Waals surface area contributed by atoms with Gasteiger partial charge in [0.1, 0.15) is 9.71 Å². The van der Waals surface area contributed by atoms with Gasteiger partial charge in [-0.3, -0.25) is 14.5 Å². The highest BCUT2D eigenvalue weighted by molar-refractivity contribution is 7.21. The summed E-state index contributed by atoms with van der Waals surface area (Å²) in [6, 6.07) is 7.95. The van der Waals surface area contributed by atoms with E-state index in [1.165, 1.54) is 23.0 Å². The highest BCUT2D eigenvalue weighted by Gasteiger charge is 2.34. The maximum Gasteiger partial charge on any atom is 0.263 e. The number of aliphatic hydroxyl groups excluding tert-OH is 1. The number of aromatic nitrogens is 1. The Kier molecular flexibility index (Phi) is 5.75. The fourth-order valence-electron chi connectivity index (χ4n) is 4.76. The number of carbonyl (C=O) groups excluding carboxylic acids is 2. The second-order valence-electron chi connectivity index (χ2n) is 8.63. The molecule has 1 saturated heterocycles. The summed E-state index contributed by atoms with van der Waals surface area (Å²) in [7, 11) is 0. The van der Waals surface area contributed by atoms with E-state index in [9.17, 15) is 14.7 Å². The smallest absolute Gasteiger partial charge is 0.263 e. The molecule has 5 rings (SSSR count). The molecular weight excluding hydrogens is 450 g/mol. The lowest BCUT2D eigenvalue weighted by Gasteiger charge is -2.36. The minimum Gasteiger partial charge on any atom is -0.356 e. The Morgan fingerprint density at radius 2 is 2.18 bits per heavy atom. The molecule has 1 unspecified atom stereocenters. The Balaban J connectivity index is 1.48. The van der Waals surface area contributed by atoms with Gasteiger partial charge in [0.15, 0.2) is 0 Å². The fourth-order valence-corrected chi connectivity index (χ4v) is 5.79. The van der Waals surface area contributed by atoms with E-state index in [1.54, 1.807) is 11.1 Å². The molecule has 0 aliphatic carbocycles. The minimum absolute atomic E-state index is 0.130. The highest BCUT2D eigenvalue weighted by Crippen LogP contribution is 2.47. The van der Waals surface area contributed by atoms with Crippen molar-refractivity contribution in [1.29, 1.82) is 0 Å². The minimum atomic E-state index is -1.04. The molecule has 0 radical (unpaired) electrons. The topological polar surface area (TPSA) is 97.8 Å². The summed E-state index contributed by atoms with van der Waals surface area (Å²) in [6.07, 6.45) is 3.58. The number of nitrogens with zero attached hydrogens (tertiary/aromatic N) is 3. The predicted octanol–water partition coefficient (Wildman–Crippen LogP) is 3.52. The standard InChI is InChI=1S/C25H27N5O3S/c1-4-15-6-7-17(14(3)12-15)30-18-8-10-26-24-20(18)21(28-25(30)33)22(34-24)23(32)27-16-9-11-29(13-16)19(31)5-2/h5-8,10,12,16,25,28,33H,2,4,9,11,13H2,1,3H3,(H,27,32)/t16-,25?/m1/s1. The average Bonchev–Trinajstić information content (AvgIpc) is 3.45. The van der Waals surface area contributed by atoms with Gasteiger partial charge in [0, 0.05) is 31.0 Å². The van der Waals surface area contributed by atoms with Gasteiger partial charge in [0.05, 0.1) is 16.8 Å². The number of aliphatic hydroxyl groups is 1. The molecule has 176 valence electrons. The molecule has 0 spiro atoms. The summed E-state index contributed by atoms with van der Waals surface area (Å²) >= 11 is 1.30. The molecule has 8 nitrogen and oxygen atoms in total. The van der Waals surface area contributed by atoms with Gasteiger partial charge in [-0.15, -0.1) is 11.3 Å². The van der Waals surface area contributed by atoms with Crippen LogP contribution in [0, 0.1) is 6.92 Å². The molecular formula is C25H27N5O3S. The molecule has 0 saturated carbocycles. The van der Waals surface area contributed by atoms with Gasteiger partial charge in [-0.05, 0) is 49.1 Å². The summed E-state index contributed by atoms with van der Waals surface area (Å²) < 4.78 is 0. The molecule has 1 aromatic carbocycles. The summed E-state index contributed by atoms with van der Waals surface area (Å²) in [5.74, 6) is -0.367. The number of nitrogens with one attached hydrogen (secondary N) is 2. The molecule has 2 aliphatic heterocycles. The Morgan fingerprint density at radius 3 is 2.91 bits per heavy atom. The monoisotopic (exact) mass is 477 g/mol. The predicted molar refractivity (Wildman–Crippen MR) is 135 cm³/mol. The quantitative estimate of drug-likeness (QED) is 0.487. The summed E-state index contributed by atoms with van der Waals surface area (Å²) in [5.41, 5.74) is 4.57. The number of hydrogen-bond acceptors (Lipinski definition) is 7. The van der Waals surface area contributed by atoms with Crippen molar-refractivity contribution in [3.05, 3.63) is 59.1 Å². The molecule has 1 fully saturated rings. The van der Waals surface area contributed by atoms with Gasteiger partial charge in [-0.2, -0.15) is 0 Å². The van der Waals surface area contributed by atoms with E-state index >= 15 is 0 Å². The average molecular weight is 478 g/mol. The third-order valence-electron chi connectivity index (χ3n) is 6.49. The number of pyridine rings is 1. The second-order valence-corrected chi connectivity index (χ2v) is 9.63. The Labute approximate surface area is 201 Å². The summed E-state index contributed by atoms with van der Waals surface area (Å²) in [4.78, 5) is 34.3. The zero-order chi connectivity index (χ0) is 24.0. The van der Waals surface area contributed by atoms with Crippen molar-refractivity contribution in [2.24, 2.45) is 0 Å². The van der Waals surface area contributed by atoms with Crippen molar-refractivity contribution in [2.45, 2.75) is 39.1 Å². The van der Waals surface area contributed by atoms with Crippen LogP contribution in [0.4, 0.5) is 17.1 Å². The van der Waals surface area contributed by atoms with Gasteiger partial charge in [0.2, 0.25) is 12.3 Å². The lowest BCUT2D eigenvalue weighted by atomic mass is 10.0. The first kappa shape index (κ1) is 22.4. The second kappa shape index (κ2) is 8.73. The van der Waals surface area contributed by atoms with Gasteiger partial charge < -0.3 is 20.6 Å². The van der Waals surface area contributed by atoms with Crippen LogP contribution in [0.25, 0.3) is 10.2 Å². The largest absolute Gasteiger partial charge is 0.356 e. The van der Waals surface area contributed by atoms with Gasteiger partial charge >= 0.3 is 0 Å². The van der Waals surface area contributed by atoms with E-state index in [2.05, 4.69) is 41.3 Å². The molecule has 3 aromatic rings. The Hall–Kier alpha value is -3.43. The number of hydrogen-bond donors (Lipinski definition) is 3. The van der Waals surface area contributed by atoms with Crippen LogP contribution >= 0.6 is 11.3 Å². The number of likely N-dealkylation sites (tertiary alicyclic amines) is 1. The first-order valence-corrected chi connectivity index (χ1v) is 12.2. The van der Waals surface area contributed by atoms with Crippen molar-refractivity contribution in [1.82, 2.24) is 15.2 Å². The van der Waals surface area contributed by atoms with Crippen molar-refractivity contribution >= 4 is 50.4 Å². The van der Waals surface area contributed by atoms with E-state index < -0.39 is 6.35 Å². The van der Waals surface area contributed by atoms with Crippen LogP contribution < -0.4 is 15.5 Å². The Morgan fingerprint density at radius 1 is 1.35 bits per heavy atom. The molecule has 2 aromatic heterocycles. The lowest BCUT2D eigenvalue weighted by molar-refractivity contribution is -0.125. The lowest BCUT2D eigenvalue weighted by Crippen LogP contribution is -2.41. The van der Waals surface area contributed by atoms with Crippen LogP contribution in [0.2, 0.25) is 0 Å². The summed E-state index contributed by atoms with van der Waals surface area (Å²) in [5, 5.41) is 18.1. The molecule has 9 heteroatoms. The number of rotatable bonds is 5. The first-order chi connectivity index (χ1) is 16.4. The van der Waals surface area contributed by atoms with Crippen LogP contribution in [-0.4, -0.2) is 52.3 Å². The molecule has 2 aliphatic rings. The third-order valence-corrected chi connectivity index (χ3v) is 7.59. The maximum atomic E-state index is 13.2. The third kappa shape index (κ3) is 3.70. The van der Waals surface area contributed by atoms with E-state index in [4.69, 9.17) is 0 Å². The zero-order valence-corrected chi connectivity index (χ0v) is 20.0. The van der Waals surface area contributed by atoms with Gasteiger partial charge in [-0.25, -0.2) is 4.98 Å². The van der Waals surface area contributed by atoms with Crippen LogP contribution in [0.1, 0.15) is 34.1 Å². The normalized spacial score (nSPS) is 19.3. The Bertz CT molecular complexity index is 1300. The van der Waals surface area contributed by atoms with Crippen molar-refractivity contribution in [2.75, 3.05) is 23.3 Å². The molecule has 0 bridgehead atoms. The zero-order valence-electron chi connectivity index (χ0n) is 19.2. The summed E-state index contributed by atoms with van der Waals surface area (Å²) in [6.45, 7) is 8.72. The first-order valence-electron chi connectivity index (χ1n) is 11.4. The van der Waals surface area contributed by atoms with Crippen molar-refractivity contribution in [3.63, 3.8) is 0 Å². The van der Waals surface area contributed by atoms with Crippen molar-refractivity contribution < 1.29 is 14.7 Å². The van der Waals surface area contributed by atoms with Gasteiger partial charge in [-0.1, -0.05) is 25.6 Å². The van der Waals surface area contributed by atoms with Crippen LogP contribution in [0.15, 0.2) is 43.1 Å². The van der Waals surface area contributed by atoms with Crippen LogP contribution in [-0.2, 0) is 11.2 Å². The molecule has 2 atom stereocenters. The number of thiophene rings is 1. The number of aryl methyl sites for hydroxylation is 2. The molecule has 4 heterocycles. The van der Waals surface area contributed by atoms with Crippen LogP contribution in [0.5, 0.6) is 0 Å². The fraction of sp³-hybridized carbons (Fsp3) is 0.320. The molecule has 34 heavy (non-hydrogen) atoms. The van der Waals surface area contributed by atoms with E-state index in [0.717, 1.165) is 33.6 Å².